The molecule has 0 aromatic heterocycles. The van der Waals surface area contributed by atoms with Gasteiger partial charge in [-0.2, -0.15) is 0 Å². The third kappa shape index (κ3) is 5.00. The van der Waals surface area contributed by atoms with Gasteiger partial charge in [0.2, 0.25) is 5.91 Å². The Morgan fingerprint density at radius 2 is 2.20 bits per heavy atom. The number of aliphatic hydroxyl groups is 1. The summed E-state index contributed by atoms with van der Waals surface area (Å²) >= 11 is 7.49. The third-order valence-electron chi connectivity index (χ3n) is 3.54. The maximum atomic E-state index is 11.8. The lowest BCUT2D eigenvalue weighted by Gasteiger charge is -2.25. The lowest BCUT2D eigenvalue weighted by molar-refractivity contribution is -0.118. The fourth-order valence-electron chi connectivity index (χ4n) is 2.46. The van der Waals surface area contributed by atoms with Crippen molar-refractivity contribution in [3.8, 4) is 0 Å². The van der Waals surface area contributed by atoms with Crippen molar-refractivity contribution in [3.05, 3.63) is 29.3 Å². The molecule has 1 saturated carbocycles. The molecule has 0 saturated heterocycles. The van der Waals surface area contributed by atoms with E-state index in [1.54, 1.807) is 0 Å². The number of benzene rings is 1. The van der Waals surface area contributed by atoms with Crippen LogP contribution in [0.3, 0.4) is 0 Å². The number of halogens is 1. The van der Waals surface area contributed by atoms with Gasteiger partial charge in [-0.3, -0.25) is 4.79 Å². The molecule has 0 bridgehead atoms. The van der Waals surface area contributed by atoms with Gasteiger partial charge < -0.3 is 10.4 Å². The van der Waals surface area contributed by atoms with Crippen LogP contribution in [0.15, 0.2) is 29.2 Å². The van der Waals surface area contributed by atoms with Gasteiger partial charge in [0.1, 0.15) is 0 Å². The van der Waals surface area contributed by atoms with Gasteiger partial charge in [0.15, 0.2) is 0 Å². The first-order chi connectivity index (χ1) is 9.65. The summed E-state index contributed by atoms with van der Waals surface area (Å²) in [6.45, 7) is 0.666. The van der Waals surface area contributed by atoms with E-state index in [2.05, 4.69) is 5.32 Å². The van der Waals surface area contributed by atoms with Crippen LogP contribution in [0.25, 0.3) is 0 Å². The minimum atomic E-state index is -0.192. The number of hydrogen-bond acceptors (Lipinski definition) is 3. The number of carbonyl (C=O) groups is 1. The topological polar surface area (TPSA) is 49.3 Å². The molecule has 0 heterocycles. The van der Waals surface area contributed by atoms with Crippen LogP contribution in [0.2, 0.25) is 5.02 Å². The van der Waals surface area contributed by atoms with E-state index in [1.165, 1.54) is 11.8 Å². The zero-order valence-corrected chi connectivity index (χ0v) is 12.9. The first-order valence-corrected chi connectivity index (χ1v) is 8.33. The molecule has 3 nitrogen and oxygen atoms in total. The van der Waals surface area contributed by atoms with E-state index >= 15 is 0 Å². The molecule has 2 rings (SSSR count). The molecular formula is C15H20ClNO2S. The molecule has 1 amide bonds. The zero-order chi connectivity index (χ0) is 14.4. The molecule has 1 fully saturated rings. The van der Waals surface area contributed by atoms with Crippen molar-refractivity contribution in [2.75, 3.05) is 12.3 Å². The molecule has 1 aromatic carbocycles. The SMILES string of the molecule is O=C(CSc1ccccc1Cl)NCC1CCCC(O)C1. The smallest absolute Gasteiger partial charge is 0.230 e. The maximum absolute atomic E-state index is 11.8. The fraction of sp³-hybridized carbons (Fsp3) is 0.533. The highest BCUT2D eigenvalue weighted by molar-refractivity contribution is 8.00. The zero-order valence-electron chi connectivity index (χ0n) is 11.3. The monoisotopic (exact) mass is 313 g/mol. The Morgan fingerprint density at radius 3 is 2.95 bits per heavy atom. The van der Waals surface area contributed by atoms with Crippen molar-refractivity contribution in [2.24, 2.45) is 5.92 Å². The maximum Gasteiger partial charge on any atom is 0.230 e. The van der Waals surface area contributed by atoms with Crippen molar-refractivity contribution in [1.29, 1.82) is 0 Å². The van der Waals surface area contributed by atoms with Crippen LogP contribution in [0, 0.1) is 5.92 Å². The van der Waals surface area contributed by atoms with E-state index in [0.717, 1.165) is 30.6 Å². The van der Waals surface area contributed by atoms with Crippen LogP contribution in [-0.2, 0) is 4.79 Å². The largest absolute Gasteiger partial charge is 0.393 e. The van der Waals surface area contributed by atoms with Crippen LogP contribution in [-0.4, -0.2) is 29.4 Å². The Balaban J connectivity index is 1.69. The van der Waals surface area contributed by atoms with Gasteiger partial charge in [-0.1, -0.05) is 30.2 Å². The molecule has 0 aliphatic heterocycles. The highest BCUT2D eigenvalue weighted by atomic mass is 35.5. The summed E-state index contributed by atoms with van der Waals surface area (Å²) < 4.78 is 0. The van der Waals surface area contributed by atoms with Crippen LogP contribution >= 0.6 is 23.4 Å². The van der Waals surface area contributed by atoms with Gasteiger partial charge in [0, 0.05) is 11.4 Å². The number of amides is 1. The van der Waals surface area contributed by atoms with Crippen molar-refractivity contribution in [2.45, 2.75) is 36.7 Å². The van der Waals surface area contributed by atoms with Crippen molar-refractivity contribution < 1.29 is 9.90 Å². The highest BCUT2D eigenvalue weighted by Gasteiger charge is 2.20. The summed E-state index contributed by atoms with van der Waals surface area (Å²) in [4.78, 5) is 12.7. The lowest BCUT2D eigenvalue weighted by Crippen LogP contribution is -2.33. The quantitative estimate of drug-likeness (QED) is 0.821. The van der Waals surface area contributed by atoms with E-state index in [9.17, 15) is 9.90 Å². The van der Waals surface area contributed by atoms with Gasteiger partial charge in [-0.15, -0.1) is 11.8 Å². The predicted octanol–water partition coefficient (Wildman–Crippen LogP) is 3.10. The van der Waals surface area contributed by atoms with Crippen LogP contribution in [0.5, 0.6) is 0 Å². The van der Waals surface area contributed by atoms with Gasteiger partial charge in [0.25, 0.3) is 0 Å². The van der Waals surface area contributed by atoms with Crippen LogP contribution in [0.4, 0.5) is 0 Å². The second-order valence-corrected chi connectivity index (χ2v) is 6.63. The average molecular weight is 314 g/mol. The van der Waals surface area contributed by atoms with E-state index in [-0.39, 0.29) is 12.0 Å². The second-order valence-electron chi connectivity index (χ2n) is 5.21. The van der Waals surface area contributed by atoms with Crippen molar-refractivity contribution >= 4 is 29.3 Å². The van der Waals surface area contributed by atoms with Crippen LogP contribution < -0.4 is 5.32 Å². The number of nitrogens with one attached hydrogen (secondary N) is 1. The normalized spacial score (nSPS) is 22.5. The van der Waals surface area contributed by atoms with E-state index < -0.39 is 0 Å². The van der Waals surface area contributed by atoms with E-state index in [4.69, 9.17) is 11.6 Å². The predicted molar refractivity (Wildman–Crippen MR) is 83.2 cm³/mol. The van der Waals surface area contributed by atoms with Gasteiger partial charge in [-0.05, 0) is 37.3 Å². The summed E-state index contributed by atoms with van der Waals surface area (Å²) in [7, 11) is 0. The summed E-state index contributed by atoms with van der Waals surface area (Å²) in [6.07, 6.45) is 3.65. The summed E-state index contributed by atoms with van der Waals surface area (Å²) in [5.74, 6) is 0.807. The van der Waals surface area contributed by atoms with Crippen molar-refractivity contribution in [1.82, 2.24) is 5.32 Å². The highest BCUT2D eigenvalue weighted by Crippen LogP contribution is 2.26. The minimum Gasteiger partial charge on any atom is -0.393 e. The Morgan fingerprint density at radius 1 is 1.40 bits per heavy atom. The minimum absolute atomic E-state index is 0.0231. The Kier molecular flexibility index (Phi) is 6.20. The first-order valence-electron chi connectivity index (χ1n) is 6.97. The van der Waals surface area contributed by atoms with Gasteiger partial charge >= 0.3 is 0 Å². The Bertz CT molecular complexity index is 455. The fourth-order valence-corrected chi connectivity index (χ4v) is 3.53. The lowest BCUT2D eigenvalue weighted by atomic mass is 9.87. The number of rotatable bonds is 5. The molecule has 0 spiro atoms. The summed E-state index contributed by atoms with van der Waals surface area (Å²) in [6, 6.07) is 7.53. The third-order valence-corrected chi connectivity index (χ3v) is 5.05. The number of thioether (sulfide) groups is 1. The molecule has 2 unspecified atom stereocenters. The number of aliphatic hydroxyl groups excluding tert-OH is 1. The molecule has 1 aliphatic carbocycles. The molecule has 5 heteroatoms. The molecule has 2 N–H and O–H groups in total. The Labute approximate surface area is 129 Å². The van der Waals surface area contributed by atoms with Crippen molar-refractivity contribution in [3.63, 3.8) is 0 Å². The molecule has 0 radical (unpaired) electrons. The first kappa shape index (κ1) is 15.7. The molecular weight excluding hydrogens is 294 g/mol. The molecule has 2 atom stereocenters. The number of carbonyl (C=O) groups excluding carboxylic acids is 1. The molecule has 110 valence electrons. The van der Waals surface area contributed by atoms with Gasteiger partial charge in [0.05, 0.1) is 16.9 Å². The van der Waals surface area contributed by atoms with Crippen LogP contribution in [0.1, 0.15) is 25.7 Å². The van der Waals surface area contributed by atoms with Gasteiger partial charge in [-0.25, -0.2) is 0 Å². The summed E-state index contributed by atoms with van der Waals surface area (Å²) in [5, 5.41) is 13.2. The molecule has 1 aromatic rings. The van der Waals surface area contributed by atoms with E-state index in [0.29, 0.717) is 23.2 Å². The summed E-state index contributed by atoms with van der Waals surface area (Å²) in [5.41, 5.74) is 0. The molecule has 1 aliphatic rings. The standard InChI is InChI=1S/C15H20ClNO2S/c16-13-6-1-2-7-14(13)20-10-15(19)17-9-11-4-3-5-12(18)8-11/h1-2,6-7,11-12,18H,3-5,8-10H2,(H,17,19). The van der Waals surface area contributed by atoms with E-state index in [1.807, 2.05) is 24.3 Å². The second kappa shape index (κ2) is 7.91. The Hall–Kier alpha value is -0.710. The number of hydrogen-bond donors (Lipinski definition) is 2. The molecule has 20 heavy (non-hydrogen) atoms. The average Bonchev–Trinajstić information content (AvgIpc) is 2.44.